The van der Waals surface area contributed by atoms with Gasteiger partial charge in [-0.3, -0.25) is 9.89 Å². The molecule has 0 saturated carbocycles. The van der Waals surface area contributed by atoms with Crippen LogP contribution in [-0.2, 0) is 13.0 Å². The molecule has 1 heterocycles. The lowest BCUT2D eigenvalue weighted by Crippen LogP contribution is -2.42. The summed E-state index contributed by atoms with van der Waals surface area (Å²) in [4.78, 5) is 6.76. The number of benzene rings is 1. The highest BCUT2D eigenvalue weighted by atomic mass is 127. The van der Waals surface area contributed by atoms with Crippen LogP contribution in [0.25, 0.3) is 0 Å². The van der Waals surface area contributed by atoms with E-state index < -0.39 is 0 Å². The highest BCUT2D eigenvalue weighted by molar-refractivity contribution is 14.0. The average Bonchev–Trinajstić information content (AvgIpc) is 2.53. The van der Waals surface area contributed by atoms with E-state index in [1.54, 1.807) is 0 Å². The molecule has 0 atom stereocenters. The van der Waals surface area contributed by atoms with Gasteiger partial charge in [-0.1, -0.05) is 37.6 Å². The van der Waals surface area contributed by atoms with Gasteiger partial charge < -0.3 is 10.6 Å². The first-order valence-electron chi connectivity index (χ1n) is 8.07. The van der Waals surface area contributed by atoms with Gasteiger partial charge in [-0.15, -0.1) is 24.0 Å². The zero-order chi connectivity index (χ0) is 14.9. The fourth-order valence-corrected chi connectivity index (χ4v) is 2.68. The molecule has 0 radical (unpaired) electrons. The topological polar surface area (TPSA) is 39.7 Å². The number of fused-ring (bicyclic) bond motifs is 1. The maximum atomic E-state index is 4.25. The summed E-state index contributed by atoms with van der Waals surface area (Å²) in [5.41, 5.74) is 2.99. The van der Waals surface area contributed by atoms with Gasteiger partial charge in [-0.2, -0.15) is 0 Å². The molecular weight excluding hydrogens is 387 g/mol. The maximum absolute atomic E-state index is 4.25. The molecule has 0 aromatic heterocycles. The van der Waals surface area contributed by atoms with Crippen LogP contribution >= 0.6 is 24.0 Å². The van der Waals surface area contributed by atoms with Crippen LogP contribution in [0.5, 0.6) is 0 Å². The number of halogens is 1. The first kappa shape index (κ1) is 19.2. The molecule has 124 valence electrons. The summed E-state index contributed by atoms with van der Waals surface area (Å²) in [6.45, 7) is 7.41. The van der Waals surface area contributed by atoms with Crippen LogP contribution in [0.15, 0.2) is 29.3 Å². The van der Waals surface area contributed by atoms with Gasteiger partial charge in [-0.05, 0) is 24.0 Å². The zero-order valence-electron chi connectivity index (χ0n) is 13.8. The van der Waals surface area contributed by atoms with E-state index in [1.807, 2.05) is 7.05 Å². The van der Waals surface area contributed by atoms with Gasteiger partial charge in [0.15, 0.2) is 5.96 Å². The van der Waals surface area contributed by atoms with Crippen molar-refractivity contribution in [2.24, 2.45) is 4.99 Å². The minimum atomic E-state index is 0. The monoisotopic (exact) mass is 416 g/mol. The van der Waals surface area contributed by atoms with Crippen LogP contribution in [0.2, 0.25) is 0 Å². The Bertz CT molecular complexity index is 462. The van der Waals surface area contributed by atoms with E-state index in [0.29, 0.717) is 0 Å². The second-order valence-corrected chi connectivity index (χ2v) is 5.57. The summed E-state index contributed by atoms with van der Waals surface area (Å²) >= 11 is 0. The number of hydrogen-bond acceptors (Lipinski definition) is 2. The standard InChI is InChI=1S/C17H28N4.HI/c1-3-4-10-19-17(18-2)20-11-13-21-12-9-15-7-5-6-8-16(15)14-21;/h5-8H,3-4,9-14H2,1-2H3,(H2,18,19,20);1H. The Hall–Kier alpha value is -0.820. The normalized spacial score (nSPS) is 14.9. The summed E-state index contributed by atoms with van der Waals surface area (Å²) in [6.07, 6.45) is 3.56. The molecule has 0 aliphatic carbocycles. The Morgan fingerprint density at radius 2 is 1.91 bits per heavy atom. The van der Waals surface area contributed by atoms with Crippen molar-refractivity contribution in [3.63, 3.8) is 0 Å². The Labute approximate surface area is 151 Å². The molecule has 0 bridgehead atoms. The second kappa shape index (κ2) is 10.8. The maximum Gasteiger partial charge on any atom is 0.191 e. The lowest BCUT2D eigenvalue weighted by molar-refractivity contribution is 0.258. The third-order valence-electron chi connectivity index (χ3n) is 3.98. The number of hydrogen-bond donors (Lipinski definition) is 2. The van der Waals surface area contributed by atoms with Crippen LogP contribution in [0, 0.1) is 0 Å². The lowest BCUT2D eigenvalue weighted by Gasteiger charge is -2.28. The summed E-state index contributed by atoms with van der Waals surface area (Å²) in [5.74, 6) is 0.917. The third kappa shape index (κ3) is 6.12. The van der Waals surface area contributed by atoms with Crippen LogP contribution in [0.3, 0.4) is 0 Å². The van der Waals surface area contributed by atoms with Gasteiger partial charge in [0, 0.05) is 39.8 Å². The first-order valence-corrected chi connectivity index (χ1v) is 8.07. The van der Waals surface area contributed by atoms with Crippen LogP contribution in [0.1, 0.15) is 30.9 Å². The molecule has 2 rings (SSSR count). The van der Waals surface area contributed by atoms with E-state index in [-0.39, 0.29) is 24.0 Å². The van der Waals surface area contributed by atoms with Crippen LogP contribution in [-0.4, -0.2) is 44.1 Å². The lowest BCUT2D eigenvalue weighted by atomic mass is 10.00. The van der Waals surface area contributed by atoms with E-state index in [0.717, 1.165) is 38.7 Å². The molecule has 0 unspecified atom stereocenters. The summed E-state index contributed by atoms with van der Waals surface area (Å²) in [6, 6.07) is 8.78. The van der Waals surface area contributed by atoms with Crippen molar-refractivity contribution < 1.29 is 0 Å². The van der Waals surface area contributed by atoms with E-state index in [1.165, 1.54) is 30.4 Å². The number of nitrogens with zero attached hydrogens (tertiary/aromatic N) is 2. The summed E-state index contributed by atoms with van der Waals surface area (Å²) < 4.78 is 0. The second-order valence-electron chi connectivity index (χ2n) is 5.57. The summed E-state index contributed by atoms with van der Waals surface area (Å²) in [5, 5.41) is 6.74. The Morgan fingerprint density at radius 1 is 1.18 bits per heavy atom. The number of aliphatic imine (C=N–C) groups is 1. The molecular formula is C17H29IN4. The third-order valence-corrected chi connectivity index (χ3v) is 3.98. The number of rotatable bonds is 6. The smallest absolute Gasteiger partial charge is 0.191 e. The van der Waals surface area contributed by atoms with Crippen LogP contribution < -0.4 is 10.6 Å². The Morgan fingerprint density at radius 3 is 2.64 bits per heavy atom. The van der Waals surface area contributed by atoms with E-state index >= 15 is 0 Å². The minimum absolute atomic E-state index is 0. The number of unbranched alkanes of at least 4 members (excludes halogenated alkanes) is 1. The Kier molecular flexibility index (Phi) is 9.47. The van der Waals surface area contributed by atoms with Crippen molar-refractivity contribution >= 4 is 29.9 Å². The highest BCUT2D eigenvalue weighted by Gasteiger charge is 2.14. The van der Waals surface area contributed by atoms with Crippen molar-refractivity contribution in [2.75, 3.05) is 33.2 Å². The van der Waals surface area contributed by atoms with Gasteiger partial charge in [-0.25, -0.2) is 0 Å². The van der Waals surface area contributed by atoms with Crippen molar-refractivity contribution in [3.05, 3.63) is 35.4 Å². The zero-order valence-corrected chi connectivity index (χ0v) is 16.1. The first-order chi connectivity index (χ1) is 10.3. The molecule has 1 aromatic carbocycles. The number of nitrogens with one attached hydrogen (secondary N) is 2. The molecule has 1 aliphatic rings. The molecule has 4 nitrogen and oxygen atoms in total. The summed E-state index contributed by atoms with van der Waals surface area (Å²) in [7, 11) is 1.83. The van der Waals surface area contributed by atoms with Gasteiger partial charge in [0.05, 0.1) is 0 Å². The van der Waals surface area contributed by atoms with E-state index in [2.05, 4.69) is 51.7 Å². The fraction of sp³-hybridized carbons (Fsp3) is 0.588. The van der Waals surface area contributed by atoms with Crippen molar-refractivity contribution in [2.45, 2.75) is 32.7 Å². The van der Waals surface area contributed by atoms with Crippen molar-refractivity contribution in [1.29, 1.82) is 0 Å². The molecule has 1 aromatic rings. The fourth-order valence-electron chi connectivity index (χ4n) is 2.68. The SMILES string of the molecule is CCCCNC(=NC)NCCN1CCc2ccccc2C1.I. The van der Waals surface area contributed by atoms with Gasteiger partial charge in [0.2, 0.25) is 0 Å². The predicted molar refractivity (Wildman–Crippen MR) is 105 cm³/mol. The molecule has 0 fully saturated rings. The molecule has 0 spiro atoms. The van der Waals surface area contributed by atoms with E-state index in [4.69, 9.17) is 0 Å². The number of guanidine groups is 1. The van der Waals surface area contributed by atoms with Crippen molar-refractivity contribution in [3.8, 4) is 0 Å². The van der Waals surface area contributed by atoms with Gasteiger partial charge in [0.1, 0.15) is 0 Å². The highest BCUT2D eigenvalue weighted by Crippen LogP contribution is 2.17. The molecule has 0 saturated heterocycles. The average molecular weight is 416 g/mol. The predicted octanol–water partition coefficient (Wildman–Crippen LogP) is 2.63. The minimum Gasteiger partial charge on any atom is -0.356 e. The molecule has 2 N–H and O–H groups in total. The molecule has 5 heteroatoms. The van der Waals surface area contributed by atoms with Gasteiger partial charge >= 0.3 is 0 Å². The molecule has 0 amide bonds. The molecule has 1 aliphatic heterocycles. The van der Waals surface area contributed by atoms with Crippen LogP contribution in [0.4, 0.5) is 0 Å². The van der Waals surface area contributed by atoms with Crippen molar-refractivity contribution in [1.82, 2.24) is 15.5 Å². The quantitative estimate of drug-likeness (QED) is 0.324. The largest absolute Gasteiger partial charge is 0.356 e. The Balaban J connectivity index is 0.00000242. The van der Waals surface area contributed by atoms with E-state index in [9.17, 15) is 0 Å². The van der Waals surface area contributed by atoms with Gasteiger partial charge in [0.25, 0.3) is 0 Å². The molecule has 22 heavy (non-hydrogen) atoms.